The van der Waals surface area contributed by atoms with Gasteiger partial charge >= 0.3 is 0 Å². The second-order valence-corrected chi connectivity index (χ2v) is 4.61. The minimum Gasteiger partial charge on any atom is -0.496 e. The Balaban J connectivity index is 2.28. The van der Waals surface area contributed by atoms with Crippen LogP contribution in [0.5, 0.6) is 0 Å². The van der Waals surface area contributed by atoms with E-state index in [0.29, 0.717) is 0 Å². The summed E-state index contributed by atoms with van der Waals surface area (Å²) in [4.78, 5) is 0. The smallest absolute Gasteiger partial charge is 0.115 e. The highest BCUT2D eigenvalue weighted by Crippen LogP contribution is 2.27. The summed E-state index contributed by atoms with van der Waals surface area (Å²) in [6.07, 6.45) is 4.21. The van der Waals surface area contributed by atoms with Crippen molar-refractivity contribution >= 4 is 11.6 Å². The summed E-state index contributed by atoms with van der Waals surface area (Å²) in [5.74, 6) is 6.52. The number of hydrogen-bond acceptors (Lipinski definition) is 3. The average molecular weight is 253 g/mol. The van der Waals surface area contributed by atoms with Crippen molar-refractivity contribution in [3.05, 3.63) is 46.2 Å². The molecule has 0 saturated heterocycles. The Bertz CT molecular complexity index is 431. The maximum absolute atomic E-state index is 6.02. The maximum Gasteiger partial charge on any atom is 0.115 e. The molecule has 0 amide bonds. The van der Waals surface area contributed by atoms with Gasteiger partial charge in [0.1, 0.15) is 11.8 Å². The maximum atomic E-state index is 6.02. The molecule has 1 aromatic rings. The molecule has 0 fully saturated rings. The molecule has 0 aliphatic carbocycles. The van der Waals surface area contributed by atoms with Crippen LogP contribution < -0.4 is 11.3 Å². The molecule has 3 N–H and O–H groups in total. The van der Waals surface area contributed by atoms with E-state index in [4.69, 9.17) is 22.2 Å². The van der Waals surface area contributed by atoms with Gasteiger partial charge < -0.3 is 4.74 Å². The first-order valence-corrected chi connectivity index (χ1v) is 6.15. The molecule has 1 unspecified atom stereocenters. The number of hydrogen-bond donors (Lipinski definition) is 2. The van der Waals surface area contributed by atoms with Crippen LogP contribution in [0, 0.1) is 6.92 Å². The molecule has 0 saturated carbocycles. The van der Waals surface area contributed by atoms with E-state index < -0.39 is 0 Å². The molecule has 4 heteroatoms. The van der Waals surface area contributed by atoms with Crippen LogP contribution in [-0.2, 0) is 4.74 Å². The van der Waals surface area contributed by atoms with Gasteiger partial charge in [-0.2, -0.15) is 0 Å². The van der Waals surface area contributed by atoms with Crippen molar-refractivity contribution in [1.82, 2.24) is 5.43 Å². The summed E-state index contributed by atoms with van der Waals surface area (Å²) in [7, 11) is 0. The number of rotatable bonds is 3. The van der Waals surface area contributed by atoms with E-state index in [-0.39, 0.29) is 6.04 Å². The largest absolute Gasteiger partial charge is 0.496 e. The lowest BCUT2D eigenvalue weighted by atomic mass is 10.0. The Labute approximate surface area is 107 Å². The molecular weight excluding hydrogens is 236 g/mol. The molecule has 1 heterocycles. The molecule has 3 nitrogen and oxygen atoms in total. The zero-order chi connectivity index (χ0) is 12.3. The number of halogens is 1. The van der Waals surface area contributed by atoms with E-state index >= 15 is 0 Å². The fraction of sp³-hybridized carbons (Fsp3) is 0.385. The summed E-state index contributed by atoms with van der Waals surface area (Å²) in [6, 6.07) is 5.80. The Kier molecular flexibility index (Phi) is 4.05. The number of aryl methyl sites for hydroxylation is 1. The summed E-state index contributed by atoms with van der Waals surface area (Å²) in [5, 5.41) is 0.767. The summed E-state index contributed by atoms with van der Waals surface area (Å²) in [6.45, 7) is 2.74. The van der Waals surface area contributed by atoms with Gasteiger partial charge in [-0.1, -0.05) is 23.7 Å². The molecular formula is C13H17ClN2O. The molecule has 1 atom stereocenters. The number of benzene rings is 1. The van der Waals surface area contributed by atoms with Crippen LogP contribution in [-0.4, -0.2) is 6.61 Å². The van der Waals surface area contributed by atoms with Crippen molar-refractivity contribution in [3.63, 3.8) is 0 Å². The molecule has 1 aromatic carbocycles. The van der Waals surface area contributed by atoms with Gasteiger partial charge in [0.25, 0.3) is 0 Å². The fourth-order valence-electron chi connectivity index (χ4n) is 1.97. The third-order valence-corrected chi connectivity index (χ3v) is 3.35. The fourth-order valence-corrected chi connectivity index (χ4v) is 2.09. The lowest BCUT2D eigenvalue weighted by molar-refractivity contribution is 0.168. The zero-order valence-corrected chi connectivity index (χ0v) is 10.6. The number of hydrazine groups is 1. The van der Waals surface area contributed by atoms with Gasteiger partial charge in [-0.25, -0.2) is 5.43 Å². The van der Waals surface area contributed by atoms with E-state index in [1.165, 1.54) is 0 Å². The van der Waals surface area contributed by atoms with Crippen LogP contribution in [0.1, 0.15) is 30.0 Å². The van der Waals surface area contributed by atoms with Crippen molar-refractivity contribution in [1.29, 1.82) is 0 Å². The minimum absolute atomic E-state index is 0.0914. The molecule has 0 bridgehead atoms. The highest BCUT2D eigenvalue weighted by molar-refractivity contribution is 6.31. The highest BCUT2D eigenvalue weighted by Gasteiger charge is 2.18. The van der Waals surface area contributed by atoms with Crippen molar-refractivity contribution in [3.8, 4) is 0 Å². The SMILES string of the molecule is Cc1cc(C(NN)C2=CCCCO2)ccc1Cl. The van der Waals surface area contributed by atoms with Crippen molar-refractivity contribution in [2.24, 2.45) is 5.84 Å². The van der Waals surface area contributed by atoms with Crippen LogP contribution in [0.2, 0.25) is 5.02 Å². The topological polar surface area (TPSA) is 47.3 Å². The van der Waals surface area contributed by atoms with Crippen molar-refractivity contribution < 1.29 is 4.74 Å². The Morgan fingerprint density at radius 2 is 2.29 bits per heavy atom. The Morgan fingerprint density at radius 3 is 2.88 bits per heavy atom. The van der Waals surface area contributed by atoms with Gasteiger partial charge in [0, 0.05) is 5.02 Å². The third-order valence-electron chi connectivity index (χ3n) is 2.93. The highest BCUT2D eigenvalue weighted by atomic mass is 35.5. The van der Waals surface area contributed by atoms with Crippen molar-refractivity contribution in [2.75, 3.05) is 6.61 Å². The predicted octanol–water partition coefficient (Wildman–Crippen LogP) is 2.85. The van der Waals surface area contributed by atoms with Gasteiger partial charge in [-0.15, -0.1) is 0 Å². The average Bonchev–Trinajstić information content (AvgIpc) is 2.36. The van der Waals surface area contributed by atoms with E-state index in [0.717, 1.165) is 41.4 Å². The molecule has 0 spiro atoms. The monoisotopic (exact) mass is 252 g/mol. The van der Waals surface area contributed by atoms with Crippen molar-refractivity contribution in [2.45, 2.75) is 25.8 Å². The molecule has 0 aromatic heterocycles. The normalized spacial score (nSPS) is 17.2. The summed E-state index contributed by atoms with van der Waals surface area (Å²) < 4.78 is 5.64. The Morgan fingerprint density at radius 1 is 1.47 bits per heavy atom. The molecule has 2 rings (SSSR count). The van der Waals surface area contributed by atoms with Gasteiger partial charge in [-0.05, 0) is 43.0 Å². The molecule has 1 aliphatic heterocycles. The number of allylic oxidation sites excluding steroid dienone is 1. The third kappa shape index (κ3) is 2.80. The van der Waals surface area contributed by atoms with Gasteiger partial charge in [0.2, 0.25) is 0 Å². The first kappa shape index (κ1) is 12.4. The lowest BCUT2D eigenvalue weighted by Gasteiger charge is -2.23. The number of nitrogens with one attached hydrogen (secondary N) is 1. The van der Waals surface area contributed by atoms with E-state index in [9.17, 15) is 0 Å². The summed E-state index contributed by atoms with van der Waals surface area (Å²) >= 11 is 6.02. The molecule has 1 aliphatic rings. The molecule has 0 radical (unpaired) electrons. The summed E-state index contributed by atoms with van der Waals surface area (Å²) in [5.41, 5.74) is 4.91. The van der Waals surface area contributed by atoms with Crippen LogP contribution in [0.4, 0.5) is 0 Å². The second kappa shape index (κ2) is 5.54. The predicted molar refractivity (Wildman–Crippen MR) is 69.5 cm³/mol. The number of nitrogens with two attached hydrogens (primary N) is 1. The van der Waals surface area contributed by atoms with Crippen LogP contribution in [0.25, 0.3) is 0 Å². The standard InChI is InChI=1S/C13H17ClN2O/c1-9-8-10(5-6-11(9)14)13(16-15)12-4-2-3-7-17-12/h4-6,8,13,16H,2-3,7,15H2,1H3. The Hall–Kier alpha value is -1.03. The lowest BCUT2D eigenvalue weighted by Crippen LogP contribution is -2.31. The first-order chi connectivity index (χ1) is 8.22. The zero-order valence-electron chi connectivity index (χ0n) is 9.87. The second-order valence-electron chi connectivity index (χ2n) is 4.21. The van der Waals surface area contributed by atoms with Crippen LogP contribution in [0.3, 0.4) is 0 Å². The molecule has 17 heavy (non-hydrogen) atoms. The van der Waals surface area contributed by atoms with Gasteiger partial charge in [-0.3, -0.25) is 5.84 Å². The quantitative estimate of drug-likeness (QED) is 0.642. The van der Waals surface area contributed by atoms with E-state index in [2.05, 4.69) is 11.5 Å². The van der Waals surface area contributed by atoms with Gasteiger partial charge in [0.15, 0.2) is 0 Å². The van der Waals surface area contributed by atoms with E-state index in [1.54, 1.807) is 0 Å². The number of ether oxygens (including phenoxy) is 1. The minimum atomic E-state index is -0.0914. The van der Waals surface area contributed by atoms with E-state index in [1.807, 2.05) is 25.1 Å². The van der Waals surface area contributed by atoms with Gasteiger partial charge in [0.05, 0.1) is 6.61 Å². The molecule has 92 valence electrons. The van der Waals surface area contributed by atoms with Crippen LogP contribution >= 0.6 is 11.6 Å². The van der Waals surface area contributed by atoms with Crippen LogP contribution in [0.15, 0.2) is 30.0 Å². The first-order valence-electron chi connectivity index (χ1n) is 5.77.